The van der Waals surface area contributed by atoms with Crippen LogP contribution >= 0.6 is 0 Å². The Bertz CT molecular complexity index is 1130. The molecule has 7 fully saturated rings. The lowest BCUT2D eigenvalue weighted by atomic mass is 9.78. The molecule has 7 rings (SSSR count). The molecular formula is C48H75N3O6. The summed E-state index contributed by atoms with van der Waals surface area (Å²) in [6.45, 7) is 0. The number of amides is 6. The van der Waals surface area contributed by atoms with Gasteiger partial charge in [-0.2, -0.15) is 0 Å². The Balaban J connectivity index is 1.31. The number of hydrogen-bond donors (Lipinski definition) is 0. The first-order valence-electron chi connectivity index (χ1n) is 24.4. The van der Waals surface area contributed by atoms with E-state index in [9.17, 15) is 28.8 Å². The fourth-order valence-corrected chi connectivity index (χ4v) is 12.5. The van der Waals surface area contributed by atoms with Gasteiger partial charge in [-0.25, -0.2) is 0 Å². The minimum Gasteiger partial charge on any atom is -0.279 e. The molecule has 318 valence electrons. The molecular weight excluding hydrogens is 715 g/mol. The Morgan fingerprint density at radius 1 is 0.228 bits per heavy atom. The molecule has 0 spiro atoms. The second-order valence-electron chi connectivity index (χ2n) is 19.8. The van der Waals surface area contributed by atoms with Crippen molar-refractivity contribution in [2.24, 2.45) is 35.5 Å². The van der Waals surface area contributed by atoms with Crippen LogP contribution in [0, 0.1) is 35.5 Å². The van der Waals surface area contributed by atoms with Crippen LogP contribution in [-0.2, 0) is 28.8 Å². The number of hydrogen-bond acceptors (Lipinski definition) is 6. The summed E-state index contributed by atoms with van der Waals surface area (Å²) < 4.78 is 0. The summed E-state index contributed by atoms with van der Waals surface area (Å²) >= 11 is 0. The van der Waals surface area contributed by atoms with Crippen molar-refractivity contribution in [3.63, 3.8) is 0 Å². The maximum atomic E-state index is 15.0. The van der Waals surface area contributed by atoms with Crippen LogP contribution in [0.3, 0.4) is 0 Å². The molecule has 9 heteroatoms. The van der Waals surface area contributed by atoms with Gasteiger partial charge in [-0.05, 0) is 96.3 Å². The Labute approximate surface area is 343 Å². The minimum absolute atomic E-state index is 0.0952. The van der Waals surface area contributed by atoms with E-state index in [2.05, 4.69) is 0 Å². The normalized spacial score (nSPS) is 28.3. The molecule has 0 saturated heterocycles. The molecule has 0 atom stereocenters. The van der Waals surface area contributed by atoms with Gasteiger partial charge in [0.2, 0.25) is 35.4 Å². The third-order valence-corrected chi connectivity index (χ3v) is 15.9. The van der Waals surface area contributed by atoms with Gasteiger partial charge in [-0.3, -0.25) is 43.5 Å². The van der Waals surface area contributed by atoms with E-state index in [0.717, 1.165) is 193 Å². The van der Waals surface area contributed by atoms with E-state index < -0.39 is 18.1 Å². The predicted octanol–water partition coefficient (Wildman–Crippen LogP) is 9.82. The monoisotopic (exact) mass is 790 g/mol. The topological polar surface area (TPSA) is 112 Å². The van der Waals surface area contributed by atoms with E-state index >= 15 is 0 Å². The van der Waals surface area contributed by atoms with Gasteiger partial charge in [0.15, 0.2) is 0 Å². The molecule has 0 aromatic heterocycles. The minimum atomic E-state index is -0.584. The quantitative estimate of drug-likeness (QED) is 0.215. The van der Waals surface area contributed by atoms with E-state index in [-0.39, 0.29) is 71.0 Å². The van der Waals surface area contributed by atoms with Crippen LogP contribution in [0.5, 0.6) is 0 Å². The number of nitrogens with zero attached hydrogens (tertiary/aromatic N) is 3. The van der Waals surface area contributed by atoms with Crippen molar-refractivity contribution in [2.75, 3.05) is 0 Å². The van der Waals surface area contributed by atoms with Gasteiger partial charge in [0.25, 0.3) is 0 Å². The molecule has 9 nitrogen and oxygen atoms in total. The van der Waals surface area contributed by atoms with Crippen LogP contribution in [0.25, 0.3) is 0 Å². The Morgan fingerprint density at radius 3 is 0.509 bits per heavy atom. The third-order valence-electron chi connectivity index (χ3n) is 15.9. The summed E-state index contributed by atoms with van der Waals surface area (Å²) in [5.74, 6) is -1.92. The first kappa shape index (κ1) is 42.5. The van der Waals surface area contributed by atoms with Gasteiger partial charge >= 0.3 is 0 Å². The van der Waals surface area contributed by atoms with Crippen LogP contribution in [0.1, 0.15) is 212 Å². The summed E-state index contributed by atoms with van der Waals surface area (Å²) in [7, 11) is 0. The van der Waals surface area contributed by atoms with Crippen LogP contribution in [0.4, 0.5) is 0 Å². The molecule has 0 unspecified atom stereocenters. The SMILES string of the molecule is O=C(C1CCCCC1)N(C(=O)C1CCCCC1)C1CC(N(C(=O)C2CCCCC2)C(=O)C2CCCCC2)CC(N(C(=O)C2CCCCC2)C(=O)C2CCCCC2)C1. The molecule has 0 aromatic rings. The van der Waals surface area contributed by atoms with Crippen LogP contribution < -0.4 is 0 Å². The van der Waals surface area contributed by atoms with Crippen molar-refractivity contribution in [3.05, 3.63) is 0 Å². The molecule has 57 heavy (non-hydrogen) atoms. The summed E-state index contributed by atoms with van der Waals surface area (Å²) in [6, 6.07) is -1.75. The fraction of sp³-hybridized carbons (Fsp3) is 0.875. The van der Waals surface area contributed by atoms with Crippen molar-refractivity contribution >= 4 is 35.4 Å². The van der Waals surface area contributed by atoms with Gasteiger partial charge in [0.05, 0.1) is 0 Å². The first-order chi connectivity index (χ1) is 27.8. The lowest BCUT2D eigenvalue weighted by Gasteiger charge is -2.49. The van der Waals surface area contributed by atoms with Crippen molar-refractivity contribution < 1.29 is 28.8 Å². The zero-order valence-electron chi connectivity index (χ0n) is 35.3. The van der Waals surface area contributed by atoms with Gasteiger partial charge < -0.3 is 0 Å². The predicted molar refractivity (Wildman–Crippen MR) is 220 cm³/mol. The molecule has 0 radical (unpaired) electrons. The zero-order chi connectivity index (χ0) is 39.7. The molecule has 0 heterocycles. The van der Waals surface area contributed by atoms with Gasteiger partial charge in [-0.1, -0.05) is 116 Å². The second kappa shape index (κ2) is 20.6. The van der Waals surface area contributed by atoms with Crippen molar-refractivity contribution in [1.29, 1.82) is 0 Å². The summed E-state index contributed by atoms with van der Waals surface area (Å²) in [5, 5.41) is 0. The molecule has 0 N–H and O–H groups in total. The van der Waals surface area contributed by atoms with E-state index in [1.54, 1.807) is 14.7 Å². The molecule has 6 amide bonds. The maximum absolute atomic E-state index is 15.0. The molecule has 0 aromatic carbocycles. The first-order valence-corrected chi connectivity index (χ1v) is 24.4. The molecule has 7 aliphatic carbocycles. The number of carbonyl (C=O) groups excluding carboxylic acids is 6. The Kier molecular flexibility index (Phi) is 15.4. The Morgan fingerprint density at radius 2 is 0.368 bits per heavy atom. The zero-order valence-corrected chi connectivity index (χ0v) is 35.3. The fourth-order valence-electron chi connectivity index (χ4n) is 12.5. The van der Waals surface area contributed by atoms with Crippen molar-refractivity contribution in [3.8, 4) is 0 Å². The second-order valence-corrected chi connectivity index (χ2v) is 19.8. The van der Waals surface area contributed by atoms with Gasteiger partial charge in [0, 0.05) is 53.6 Å². The highest BCUT2D eigenvalue weighted by Gasteiger charge is 2.50. The lowest BCUT2D eigenvalue weighted by Crippen LogP contribution is -2.62. The standard InChI is InChI=1S/C48H75N3O6/c52-43(34-19-7-1-8-20-34)49(44(53)35-21-9-2-10-22-35)40-31-41(50(45(54)36-23-11-3-12-24-36)46(55)37-25-13-4-14-26-37)33-42(32-40)51(47(56)38-27-15-5-16-28-38)48(57)39-29-17-6-18-30-39/h34-42H,1-33H2. The van der Waals surface area contributed by atoms with Gasteiger partial charge in [0.1, 0.15) is 0 Å². The van der Waals surface area contributed by atoms with E-state index in [0.29, 0.717) is 19.3 Å². The summed E-state index contributed by atoms with van der Waals surface area (Å²) in [4.78, 5) is 94.7. The largest absolute Gasteiger partial charge is 0.279 e. The summed E-state index contributed by atoms with van der Waals surface area (Å²) in [6.07, 6.45) is 28.5. The van der Waals surface area contributed by atoms with Crippen LogP contribution in [0.15, 0.2) is 0 Å². The van der Waals surface area contributed by atoms with Gasteiger partial charge in [-0.15, -0.1) is 0 Å². The van der Waals surface area contributed by atoms with Crippen molar-refractivity contribution in [1.82, 2.24) is 14.7 Å². The number of rotatable bonds is 9. The Hall–Kier alpha value is -2.58. The van der Waals surface area contributed by atoms with E-state index in [1.807, 2.05) is 0 Å². The van der Waals surface area contributed by atoms with Crippen LogP contribution in [0.2, 0.25) is 0 Å². The smallest absolute Gasteiger partial charge is 0.232 e. The number of imide groups is 3. The highest BCUT2D eigenvalue weighted by molar-refractivity contribution is 6.00. The highest BCUT2D eigenvalue weighted by Crippen LogP contribution is 2.41. The van der Waals surface area contributed by atoms with E-state index in [4.69, 9.17) is 0 Å². The van der Waals surface area contributed by atoms with E-state index in [1.165, 1.54) is 0 Å². The molecule has 0 aliphatic heterocycles. The number of carbonyl (C=O) groups is 6. The maximum Gasteiger partial charge on any atom is 0.232 e. The molecule has 7 aliphatic rings. The lowest BCUT2D eigenvalue weighted by molar-refractivity contribution is -0.161. The van der Waals surface area contributed by atoms with Crippen LogP contribution in [-0.4, -0.2) is 68.3 Å². The average molecular weight is 790 g/mol. The third kappa shape index (κ3) is 10.2. The highest BCUT2D eigenvalue weighted by atomic mass is 16.2. The average Bonchev–Trinajstić information content (AvgIpc) is 3.28. The molecule has 0 bridgehead atoms. The molecule has 7 saturated carbocycles. The summed E-state index contributed by atoms with van der Waals surface area (Å²) in [5.41, 5.74) is 0. The van der Waals surface area contributed by atoms with Crippen molar-refractivity contribution in [2.45, 2.75) is 230 Å².